The van der Waals surface area contributed by atoms with Crippen molar-refractivity contribution < 1.29 is 19.1 Å². The Morgan fingerprint density at radius 1 is 1.19 bits per heavy atom. The highest BCUT2D eigenvalue weighted by Crippen LogP contribution is 2.31. The van der Waals surface area contributed by atoms with E-state index in [0.29, 0.717) is 12.5 Å². The summed E-state index contributed by atoms with van der Waals surface area (Å²) in [6.07, 6.45) is 3.90. The zero-order chi connectivity index (χ0) is 18.7. The molecule has 0 aliphatic carbocycles. The number of hydrogen-bond acceptors (Lipinski definition) is 7. The number of hydrogen-bond donors (Lipinski definition) is 3. The molecule has 3 saturated heterocycles. The lowest BCUT2D eigenvalue weighted by Crippen LogP contribution is -2.51. The number of imide groups is 1. The third kappa shape index (κ3) is 4.69. The van der Waals surface area contributed by atoms with Gasteiger partial charge in [0.2, 0.25) is 11.8 Å². The van der Waals surface area contributed by atoms with Gasteiger partial charge in [-0.2, -0.15) is 0 Å². The molecule has 3 amide bonds. The molecule has 0 radical (unpaired) electrons. The molecule has 0 aromatic rings. The van der Waals surface area contributed by atoms with E-state index < -0.39 is 12.0 Å². The van der Waals surface area contributed by atoms with Gasteiger partial charge in [0.25, 0.3) is 0 Å². The number of nitrogens with one attached hydrogen (secondary N) is 3. The number of hydrazine groups is 1. The Morgan fingerprint density at radius 3 is 2.73 bits per heavy atom. The van der Waals surface area contributed by atoms with Crippen molar-refractivity contribution >= 4 is 29.7 Å². The van der Waals surface area contributed by atoms with Crippen molar-refractivity contribution in [1.29, 1.82) is 0 Å². The van der Waals surface area contributed by atoms with E-state index in [2.05, 4.69) is 21.1 Å². The topological polar surface area (TPSA) is 99.8 Å². The number of carbonyl (C=O) groups is 3. The fourth-order valence-corrected chi connectivity index (χ4v) is 5.12. The smallest absolute Gasteiger partial charge is 0.414 e. The first-order valence-electron chi connectivity index (χ1n) is 9.40. The molecule has 3 aliphatic rings. The third-order valence-electron chi connectivity index (χ3n) is 5.05. The molecule has 0 aromatic heterocycles. The largest absolute Gasteiger partial charge is 0.447 e. The van der Waals surface area contributed by atoms with Gasteiger partial charge in [0, 0.05) is 12.6 Å². The molecule has 0 saturated carbocycles. The van der Waals surface area contributed by atoms with Crippen LogP contribution in [0.1, 0.15) is 46.0 Å². The molecule has 3 aliphatic heterocycles. The minimum absolute atomic E-state index is 0.0682. The number of thioether (sulfide) groups is 1. The minimum atomic E-state index is -0.735. The average molecular weight is 385 g/mol. The lowest BCUT2D eigenvalue weighted by molar-refractivity contribution is -0.126. The van der Waals surface area contributed by atoms with Crippen LogP contribution in [0, 0.1) is 5.92 Å². The molecule has 146 valence electrons. The summed E-state index contributed by atoms with van der Waals surface area (Å²) in [7, 11) is 0. The molecular formula is C17H28N4O4S. The highest BCUT2D eigenvalue weighted by atomic mass is 32.2. The predicted molar refractivity (Wildman–Crippen MR) is 98.1 cm³/mol. The molecule has 4 atom stereocenters. The SMILES string of the molecule is CC(C)OC(=O)NC(=O)C1CCSC1NC(=O)C1CC2CCCCN2N1. The second-order valence-electron chi connectivity index (χ2n) is 7.40. The van der Waals surface area contributed by atoms with Crippen molar-refractivity contribution in [3.63, 3.8) is 0 Å². The number of nitrogens with zero attached hydrogens (tertiary/aromatic N) is 1. The van der Waals surface area contributed by atoms with Gasteiger partial charge < -0.3 is 10.1 Å². The number of ether oxygens (including phenoxy) is 1. The van der Waals surface area contributed by atoms with Crippen molar-refractivity contribution in [1.82, 2.24) is 21.1 Å². The maximum absolute atomic E-state index is 12.6. The Bertz CT molecular complexity index is 545. The first-order chi connectivity index (χ1) is 12.4. The Balaban J connectivity index is 1.51. The minimum Gasteiger partial charge on any atom is -0.447 e. The summed E-state index contributed by atoms with van der Waals surface area (Å²) in [6.45, 7) is 4.43. The van der Waals surface area contributed by atoms with Gasteiger partial charge in [-0.25, -0.2) is 15.2 Å². The second-order valence-corrected chi connectivity index (χ2v) is 8.65. The van der Waals surface area contributed by atoms with Crippen LogP contribution in [0.5, 0.6) is 0 Å². The fourth-order valence-electron chi connectivity index (χ4n) is 3.78. The average Bonchev–Trinajstić information content (AvgIpc) is 3.20. The van der Waals surface area contributed by atoms with E-state index >= 15 is 0 Å². The summed E-state index contributed by atoms with van der Waals surface area (Å²) in [4.78, 5) is 36.6. The summed E-state index contributed by atoms with van der Waals surface area (Å²) in [5.41, 5.74) is 3.30. The van der Waals surface area contributed by atoms with E-state index in [1.54, 1.807) is 25.6 Å². The monoisotopic (exact) mass is 384 g/mol. The summed E-state index contributed by atoms with van der Waals surface area (Å²) >= 11 is 1.55. The van der Waals surface area contributed by atoms with Gasteiger partial charge in [0.15, 0.2) is 0 Å². The third-order valence-corrected chi connectivity index (χ3v) is 6.33. The van der Waals surface area contributed by atoms with Gasteiger partial charge in [-0.15, -0.1) is 11.8 Å². The van der Waals surface area contributed by atoms with E-state index in [1.807, 2.05) is 0 Å². The zero-order valence-corrected chi connectivity index (χ0v) is 16.1. The standard InChI is InChI=1S/C17H28N4O4S/c1-10(2)25-17(24)19-14(22)12-6-8-26-16(12)18-15(23)13-9-11-5-3-4-7-21(11)20-13/h10-13,16,20H,3-9H2,1-2H3,(H,18,23)(H,19,22,24). The predicted octanol–water partition coefficient (Wildman–Crippen LogP) is 0.974. The fraction of sp³-hybridized carbons (Fsp3) is 0.824. The Hall–Kier alpha value is -1.32. The number of carbonyl (C=O) groups excluding carboxylic acids is 3. The lowest BCUT2D eigenvalue weighted by Gasteiger charge is -2.28. The quantitative estimate of drug-likeness (QED) is 0.664. The summed E-state index contributed by atoms with van der Waals surface area (Å²) in [5.74, 6) is -0.105. The van der Waals surface area contributed by atoms with Crippen molar-refractivity contribution in [3.05, 3.63) is 0 Å². The van der Waals surface area contributed by atoms with Crippen LogP contribution in [0.4, 0.5) is 4.79 Å². The van der Waals surface area contributed by atoms with Crippen molar-refractivity contribution in [2.45, 2.75) is 69.5 Å². The molecule has 9 heteroatoms. The molecule has 4 unspecified atom stereocenters. The molecule has 0 spiro atoms. The molecule has 3 fully saturated rings. The molecule has 26 heavy (non-hydrogen) atoms. The van der Waals surface area contributed by atoms with Gasteiger partial charge >= 0.3 is 6.09 Å². The molecule has 0 aromatic carbocycles. The van der Waals surface area contributed by atoms with Crippen LogP contribution in [0.25, 0.3) is 0 Å². The second kappa shape index (κ2) is 8.58. The highest BCUT2D eigenvalue weighted by molar-refractivity contribution is 8.00. The van der Waals surface area contributed by atoms with Crippen LogP contribution in [-0.2, 0) is 14.3 Å². The van der Waals surface area contributed by atoms with Gasteiger partial charge in [-0.1, -0.05) is 6.42 Å². The Morgan fingerprint density at radius 2 is 2.00 bits per heavy atom. The summed E-state index contributed by atoms with van der Waals surface area (Å²) < 4.78 is 4.95. The zero-order valence-electron chi connectivity index (χ0n) is 15.3. The van der Waals surface area contributed by atoms with Gasteiger partial charge in [0.05, 0.1) is 17.4 Å². The normalized spacial score (nSPS) is 31.5. The van der Waals surface area contributed by atoms with Crippen LogP contribution < -0.4 is 16.1 Å². The van der Waals surface area contributed by atoms with E-state index in [0.717, 1.165) is 31.6 Å². The van der Waals surface area contributed by atoms with Crippen LogP contribution in [-0.4, -0.2) is 58.8 Å². The van der Waals surface area contributed by atoms with Gasteiger partial charge in [-0.05, 0) is 45.3 Å². The van der Waals surface area contributed by atoms with Crippen molar-refractivity contribution in [2.24, 2.45) is 5.92 Å². The van der Waals surface area contributed by atoms with E-state index in [1.165, 1.54) is 6.42 Å². The maximum atomic E-state index is 12.6. The number of piperidine rings is 1. The summed E-state index contributed by atoms with van der Waals surface area (Å²) in [6, 6.07) is 0.189. The van der Waals surface area contributed by atoms with E-state index in [-0.39, 0.29) is 29.3 Å². The van der Waals surface area contributed by atoms with Crippen LogP contribution >= 0.6 is 11.8 Å². The van der Waals surface area contributed by atoms with Gasteiger partial charge in [0.1, 0.15) is 6.04 Å². The number of alkyl carbamates (subject to hydrolysis) is 1. The molecule has 8 nitrogen and oxygen atoms in total. The maximum Gasteiger partial charge on any atom is 0.414 e. The first-order valence-corrected chi connectivity index (χ1v) is 10.4. The van der Waals surface area contributed by atoms with Crippen LogP contribution in [0.3, 0.4) is 0 Å². The molecule has 3 heterocycles. The number of amides is 3. The molecule has 0 bridgehead atoms. The van der Waals surface area contributed by atoms with Gasteiger partial charge in [-0.3, -0.25) is 14.9 Å². The van der Waals surface area contributed by atoms with E-state index in [9.17, 15) is 14.4 Å². The Labute approximate surface area is 158 Å². The molecule has 3 rings (SSSR count). The Kier molecular flexibility index (Phi) is 6.42. The number of rotatable bonds is 4. The summed E-state index contributed by atoms with van der Waals surface area (Å²) in [5, 5.41) is 7.15. The van der Waals surface area contributed by atoms with Crippen molar-refractivity contribution in [3.8, 4) is 0 Å². The van der Waals surface area contributed by atoms with Crippen molar-refractivity contribution in [2.75, 3.05) is 12.3 Å². The molecule has 3 N–H and O–H groups in total. The first kappa shape index (κ1) is 19.4. The lowest BCUT2D eigenvalue weighted by atomic mass is 10.00. The van der Waals surface area contributed by atoms with Crippen LogP contribution in [0.15, 0.2) is 0 Å². The highest BCUT2D eigenvalue weighted by Gasteiger charge is 2.40. The van der Waals surface area contributed by atoms with Crippen LogP contribution in [0.2, 0.25) is 0 Å². The number of fused-ring (bicyclic) bond motifs is 1. The molecular weight excluding hydrogens is 356 g/mol. The van der Waals surface area contributed by atoms with E-state index in [4.69, 9.17) is 4.74 Å².